The summed E-state index contributed by atoms with van der Waals surface area (Å²) in [5.41, 5.74) is 3.15. The van der Waals surface area contributed by atoms with E-state index in [1.165, 1.54) is 22.0 Å². The minimum Gasteiger partial charge on any atom is -0.409 e. The van der Waals surface area contributed by atoms with Crippen LogP contribution in [0.15, 0.2) is 48.1 Å². The normalized spacial score (nSPS) is 15.7. The predicted octanol–water partition coefficient (Wildman–Crippen LogP) is 2.65. The van der Waals surface area contributed by atoms with Gasteiger partial charge < -0.3 is 20.0 Å². The first kappa shape index (κ1) is 21.6. The van der Waals surface area contributed by atoms with E-state index in [9.17, 15) is 14.9 Å². The monoisotopic (exact) mass is 444 g/mol. The molecule has 160 valence electrons. The third kappa shape index (κ3) is 5.18. The summed E-state index contributed by atoms with van der Waals surface area (Å²) in [5, 5.41) is 16.8. The van der Waals surface area contributed by atoms with E-state index in [0.29, 0.717) is 10.7 Å². The van der Waals surface area contributed by atoms with Crippen molar-refractivity contribution in [2.75, 3.05) is 29.9 Å². The van der Waals surface area contributed by atoms with E-state index >= 15 is 0 Å². The van der Waals surface area contributed by atoms with Crippen LogP contribution < -0.4 is 15.5 Å². The molecule has 1 atom stereocenters. The van der Waals surface area contributed by atoms with E-state index < -0.39 is 0 Å². The lowest BCUT2D eigenvalue weighted by atomic mass is 9.99. The highest BCUT2D eigenvalue weighted by Crippen LogP contribution is 2.30. The highest BCUT2D eigenvalue weighted by atomic mass is 32.1. The molecule has 2 radical (unpaired) electrons. The van der Waals surface area contributed by atoms with E-state index in [1.54, 1.807) is 12.3 Å². The number of thiazole rings is 1. The molecule has 10 heteroatoms. The summed E-state index contributed by atoms with van der Waals surface area (Å²) in [4.78, 5) is 31.0. The summed E-state index contributed by atoms with van der Waals surface area (Å²) >= 11 is 1.32. The molecule has 1 saturated heterocycles. The maximum Gasteiger partial charge on any atom is 0.253 e. The summed E-state index contributed by atoms with van der Waals surface area (Å²) in [6.07, 6.45) is 4.97. The van der Waals surface area contributed by atoms with Crippen molar-refractivity contribution in [2.24, 2.45) is 5.92 Å². The Balaban J connectivity index is 1.36. The first-order valence-electron chi connectivity index (χ1n) is 10.2. The van der Waals surface area contributed by atoms with Gasteiger partial charge in [0.05, 0.1) is 29.8 Å². The van der Waals surface area contributed by atoms with Crippen molar-refractivity contribution < 1.29 is 9.59 Å². The van der Waals surface area contributed by atoms with Gasteiger partial charge in [-0.15, -0.1) is 11.3 Å². The van der Waals surface area contributed by atoms with Gasteiger partial charge in [0.2, 0.25) is 13.9 Å². The smallest absolute Gasteiger partial charge is 0.253 e. The van der Waals surface area contributed by atoms with Gasteiger partial charge >= 0.3 is 0 Å². The standard InChI is InChI=1S/C22H21BN6O2S/c23-29-8-6-17(13-29)21(31)25-11-20(30)27-22-26-19(14-32-22)16-4-1-5-18(9-16)28-7-2-3-15(10-24)12-28/h1,4-6,8-9,13-15H,2-3,7,11-12H2,(H,25,31)(H,26,27,30). The second-order valence-corrected chi connectivity index (χ2v) is 8.44. The Kier molecular flexibility index (Phi) is 6.56. The third-order valence-corrected chi connectivity index (χ3v) is 6.01. The van der Waals surface area contributed by atoms with Crippen LogP contribution in [0.5, 0.6) is 0 Å². The molecule has 4 rings (SSSR count). The number of nitrogens with one attached hydrogen (secondary N) is 2. The van der Waals surface area contributed by atoms with E-state index in [2.05, 4.69) is 32.7 Å². The van der Waals surface area contributed by atoms with E-state index in [-0.39, 0.29) is 24.3 Å². The summed E-state index contributed by atoms with van der Waals surface area (Å²) < 4.78 is 1.27. The molecule has 1 aliphatic heterocycles. The van der Waals surface area contributed by atoms with Gasteiger partial charge in [0.15, 0.2) is 5.13 Å². The van der Waals surface area contributed by atoms with Gasteiger partial charge in [0, 0.05) is 35.9 Å². The molecule has 2 amide bonds. The molecular formula is C22H21BN6O2S. The predicted molar refractivity (Wildman–Crippen MR) is 125 cm³/mol. The Morgan fingerprint density at radius 2 is 2.22 bits per heavy atom. The van der Waals surface area contributed by atoms with Gasteiger partial charge in [-0.3, -0.25) is 9.59 Å². The Labute approximate surface area is 191 Å². The average molecular weight is 444 g/mol. The molecule has 1 aliphatic rings. The minimum atomic E-state index is -0.377. The summed E-state index contributed by atoms with van der Waals surface area (Å²) in [6.45, 7) is 1.50. The highest BCUT2D eigenvalue weighted by molar-refractivity contribution is 7.14. The number of nitrogens with zero attached hydrogens (tertiary/aromatic N) is 4. The lowest BCUT2D eigenvalue weighted by molar-refractivity contribution is -0.115. The molecule has 0 spiro atoms. The number of anilines is 2. The summed E-state index contributed by atoms with van der Waals surface area (Å²) in [5.74, 6) is -0.683. The van der Waals surface area contributed by atoms with Crippen LogP contribution in [-0.2, 0) is 4.79 Å². The van der Waals surface area contributed by atoms with Crippen molar-refractivity contribution >= 4 is 42.0 Å². The second-order valence-electron chi connectivity index (χ2n) is 7.58. The van der Waals surface area contributed by atoms with Crippen LogP contribution >= 0.6 is 11.3 Å². The van der Waals surface area contributed by atoms with Crippen LogP contribution in [0.1, 0.15) is 23.2 Å². The molecule has 0 saturated carbocycles. The number of benzene rings is 1. The molecule has 32 heavy (non-hydrogen) atoms. The fourth-order valence-corrected chi connectivity index (χ4v) is 4.35. The van der Waals surface area contributed by atoms with Crippen LogP contribution in [0.2, 0.25) is 0 Å². The number of hydrogen-bond acceptors (Lipinski definition) is 6. The third-order valence-electron chi connectivity index (χ3n) is 5.25. The van der Waals surface area contributed by atoms with E-state index in [0.717, 1.165) is 42.9 Å². The van der Waals surface area contributed by atoms with Crippen molar-refractivity contribution in [2.45, 2.75) is 12.8 Å². The lowest BCUT2D eigenvalue weighted by Crippen LogP contribution is -2.34. The molecule has 0 bridgehead atoms. The SMILES string of the molecule is [B]n1ccc(C(=O)NCC(=O)Nc2nc(-c3cccc(N4CCCC(C#N)C4)c3)cs2)c1. The quantitative estimate of drug-likeness (QED) is 0.569. The van der Waals surface area contributed by atoms with Gasteiger partial charge in [0.1, 0.15) is 0 Å². The van der Waals surface area contributed by atoms with Gasteiger partial charge in [-0.1, -0.05) is 12.1 Å². The molecule has 3 aromatic rings. The molecule has 8 nitrogen and oxygen atoms in total. The van der Waals surface area contributed by atoms with Crippen molar-refractivity contribution in [1.29, 1.82) is 5.26 Å². The Hall–Kier alpha value is -3.58. The fraction of sp³-hybridized carbons (Fsp3) is 0.273. The molecule has 1 unspecified atom stereocenters. The number of carbonyl (C=O) groups is 2. The largest absolute Gasteiger partial charge is 0.409 e. The van der Waals surface area contributed by atoms with Gasteiger partial charge in [0.25, 0.3) is 5.91 Å². The van der Waals surface area contributed by atoms with E-state index in [4.69, 9.17) is 7.98 Å². The number of carbonyl (C=O) groups excluding carboxylic acids is 2. The van der Waals surface area contributed by atoms with Crippen molar-refractivity contribution in [3.63, 3.8) is 0 Å². The van der Waals surface area contributed by atoms with Crippen LogP contribution in [0.25, 0.3) is 11.3 Å². The topological polar surface area (TPSA) is 103 Å². The number of hydrogen-bond donors (Lipinski definition) is 2. The number of aromatic nitrogens is 2. The van der Waals surface area contributed by atoms with Gasteiger partial charge in [-0.2, -0.15) is 5.26 Å². The molecule has 2 aromatic heterocycles. The van der Waals surface area contributed by atoms with Gasteiger partial charge in [-0.25, -0.2) is 4.98 Å². The molecule has 2 N–H and O–H groups in total. The first-order chi connectivity index (χ1) is 15.5. The lowest BCUT2D eigenvalue weighted by Gasteiger charge is -2.31. The molecule has 3 heterocycles. The second kappa shape index (κ2) is 9.70. The zero-order valence-corrected chi connectivity index (χ0v) is 18.1. The summed E-state index contributed by atoms with van der Waals surface area (Å²) in [6, 6.07) is 12.0. The van der Waals surface area contributed by atoms with Crippen LogP contribution in [0, 0.1) is 17.2 Å². The number of piperidine rings is 1. The van der Waals surface area contributed by atoms with Crippen molar-refractivity contribution in [3.8, 4) is 17.3 Å². The fourth-order valence-electron chi connectivity index (χ4n) is 3.62. The minimum absolute atomic E-state index is 0.0595. The van der Waals surface area contributed by atoms with Crippen LogP contribution in [-0.4, -0.2) is 48.9 Å². The average Bonchev–Trinajstić information content (AvgIpc) is 3.47. The first-order valence-corrected chi connectivity index (χ1v) is 11.1. The van der Waals surface area contributed by atoms with Crippen molar-refractivity contribution in [1.82, 2.24) is 14.8 Å². The molecule has 1 fully saturated rings. The van der Waals surface area contributed by atoms with Gasteiger partial charge in [-0.05, 0) is 37.2 Å². The molecular weight excluding hydrogens is 423 g/mol. The van der Waals surface area contributed by atoms with Crippen LogP contribution in [0.4, 0.5) is 10.8 Å². The Morgan fingerprint density at radius 3 is 3.00 bits per heavy atom. The highest BCUT2D eigenvalue weighted by Gasteiger charge is 2.20. The maximum absolute atomic E-state index is 12.2. The molecule has 0 aliphatic carbocycles. The van der Waals surface area contributed by atoms with Crippen molar-refractivity contribution in [3.05, 3.63) is 53.7 Å². The van der Waals surface area contributed by atoms with E-state index in [1.807, 2.05) is 23.6 Å². The number of rotatable bonds is 6. The number of amides is 2. The summed E-state index contributed by atoms with van der Waals surface area (Å²) in [7, 11) is 5.52. The maximum atomic E-state index is 12.2. The zero-order chi connectivity index (χ0) is 22.5. The van der Waals surface area contributed by atoms with Crippen LogP contribution in [0.3, 0.4) is 0 Å². The Morgan fingerprint density at radius 1 is 1.34 bits per heavy atom. The zero-order valence-electron chi connectivity index (χ0n) is 17.3. The Bertz CT molecular complexity index is 1170. The number of nitriles is 1. The molecule has 1 aromatic carbocycles.